The number of amides is 1. The molecule has 0 aliphatic carbocycles. The van der Waals surface area contributed by atoms with Gasteiger partial charge in [0.1, 0.15) is 18.1 Å². The van der Waals surface area contributed by atoms with Gasteiger partial charge in [0.15, 0.2) is 0 Å². The van der Waals surface area contributed by atoms with E-state index in [1.54, 1.807) is 6.20 Å². The van der Waals surface area contributed by atoms with E-state index in [0.29, 0.717) is 37.6 Å². The van der Waals surface area contributed by atoms with Crippen LogP contribution in [-0.2, 0) is 15.7 Å². The molecule has 3 aliphatic rings. The Kier molecular flexibility index (Phi) is 4.54. The van der Waals surface area contributed by atoms with E-state index in [0.717, 1.165) is 6.07 Å². The van der Waals surface area contributed by atoms with Gasteiger partial charge in [-0.3, -0.25) is 20.0 Å². The number of hydrazine groups is 1. The second-order valence-electron chi connectivity index (χ2n) is 6.51. The zero-order chi connectivity index (χ0) is 19.2. The van der Waals surface area contributed by atoms with Gasteiger partial charge in [0, 0.05) is 19.3 Å². The summed E-state index contributed by atoms with van der Waals surface area (Å²) in [6.07, 6.45) is -3.73. The molecular formula is C16H19F3N6O2. The Balaban J connectivity index is 1.52. The number of pyridine rings is 1. The lowest BCUT2D eigenvalue weighted by molar-refractivity contribution is -0.141. The summed E-state index contributed by atoms with van der Waals surface area (Å²) in [5, 5.41) is 7.71. The molecule has 27 heavy (non-hydrogen) atoms. The molecule has 146 valence electrons. The molecule has 0 bridgehead atoms. The van der Waals surface area contributed by atoms with Crippen LogP contribution in [0.15, 0.2) is 23.9 Å². The summed E-state index contributed by atoms with van der Waals surface area (Å²) in [5.41, 5.74) is 3.26. The highest BCUT2D eigenvalue weighted by atomic mass is 19.4. The minimum Gasteiger partial charge on any atom is -0.379 e. The Hall–Kier alpha value is -2.21. The van der Waals surface area contributed by atoms with Crippen molar-refractivity contribution in [3.63, 3.8) is 0 Å². The molecule has 1 amide bonds. The lowest BCUT2D eigenvalue weighted by Crippen LogP contribution is -2.68. The number of hydrogen-bond donors (Lipinski definition) is 3. The van der Waals surface area contributed by atoms with Crippen molar-refractivity contribution in [1.82, 2.24) is 25.9 Å². The quantitative estimate of drug-likeness (QED) is 0.676. The first-order valence-corrected chi connectivity index (χ1v) is 8.53. The number of carbonyl (C=O) groups excluding carboxylic acids is 1. The van der Waals surface area contributed by atoms with Crippen LogP contribution in [0.4, 0.5) is 18.9 Å². The number of aromatic nitrogens is 1. The van der Waals surface area contributed by atoms with Crippen molar-refractivity contribution in [2.75, 3.05) is 31.3 Å². The first-order valence-electron chi connectivity index (χ1n) is 8.53. The molecule has 0 radical (unpaired) electrons. The molecule has 1 aromatic rings. The van der Waals surface area contributed by atoms with Crippen LogP contribution < -0.4 is 21.1 Å². The average molecular weight is 384 g/mol. The predicted octanol–water partition coefficient (Wildman–Crippen LogP) is 0.279. The van der Waals surface area contributed by atoms with E-state index in [1.165, 1.54) is 18.0 Å². The highest BCUT2D eigenvalue weighted by Crippen LogP contribution is 2.31. The number of ether oxygens (including phenoxy) is 1. The van der Waals surface area contributed by atoms with Gasteiger partial charge >= 0.3 is 6.18 Å². The zero-order valence-corrected chi connectivity index (χ0v) is 14.5. The molecule has 1 aromatic heterocycles. The number of halogens is 3. The van der Waals surface area contributed by atoms with E-state index in [-0.39, 0.29) is 17.9 Å². The van der Waals surface area contributed by atoms with Crippen molar-refractivity contribution >= 4 is 11.6 Å². The maximum Gasteiger partial charge on any atom is 0.433 e. The van der Waals surface area contributed by atoms with E-state index >= 15 is 0 Å². The Morgan fingerprint density at radius 1 is 1.26 bits per heavy atom. The molecule has 2 unspecified atom stereocenters. The van der Waals surface area contributed by atoms with Gasteiger partial charge < -0.3 is 10.1 Å². The monoisotopic (exact) mass is 384 g/mol. The minimum absolute atomic E-state index is 0.206. The van der Waals surface area contributed by atoms with Gasteiger partial charge in [0.25, 0.3) is 5.91 Å². The second kappa shape index (κ2) is 6.75. The summed E-state index contributed by atoms with van der Waals surface area (Å²) in [5.74, 6) is -0.234. The Morgan fingerprint density at radius 2 is 2.00 bits per heavy atom. The van der Waals surface area contributed by atoms with Crippen molar-refractivity contribution in [2.24, 2.45) is 0 Å². The molecule has 0 spiro atoms. The maximum absolute atomic E-state index is 12.8. The Bertz CT molecular complexity index is 778. The molecule has 2 saturated heterocycles. The van der Waals surface area contributed by atoms with Crippen LogP contribution in [0.25, 0.3) is 0 Å². The normalized spacial score (nSPS) is 26.6. The number of hydrogen-bond acceptors (Lipinski definition) is 7. The van der Waals surface area contributed by atoms with Gasteiger partial charge in [-0.1, -0.05) is 0 Å². The van der Waals surface area contributed by atoms with Crippen molar-refractivity contribution in [3.8, 4) is 0 Å². The number of nitrogens with one attached hydrogen (secondary N) is 3. The summed E-state index contributed by atoms with van der Waals surface area (Å²) in [6, 6.07) is 2.26. The van der Waals surface area contributed by atoms with Crippen molar-refractivity contribution in [1.29, 1.82) is 0 Å². The number of fused-ring (bicyclic) bond motifs is 1. The van der Waals surface area contributed by atoms with Crippen LogP contribution in [0.5, 0.6) is 0 Å². The van der Waals surface area contributed by atoms with E-state index < -0.39 is 18.0 Å². The van der Waals surface area contributed by atoms with Gasteiger partial charge in [-0.05, 0) is 19.1 Å². The average Bonchev–Trinajstić information content (AvgIpc) is 3.06. The summed E-state index contributed by atoms with van der Waals surface area (Å²) in [6.45, 7) is 4.07. The lowest BCUT2D eigenvalue weighted by Gasteiger charge is -2.40. The molecule has 0 saturated carbocycles. The first-order chi connectivity index (χ1) is 12.8. The fraction of sp³-hybridized carbons (Fsp3) is 0.500. The summed E-state index contributed by atoms with van der Waals surface area (Å²) < 4.78 is 43.7. The predicted molar refractivity (Wildman–Crippen MR) is 88.9 cm³/mol. The third-order valence-electron chi connectivity index (χ3n) is 4.72. The number of rotatable bonds is 2. The van der Waals surface area contributed by atoms with Crippen LogP contribution in [0, 0.1) is 6.92 Å². The third kappa shape index (κ3) is 3.50. The molecule has 0 aromatic carbocycles. The fourth-order valence-electron chi connectivity index (χ4n) is 3.32. The number of alkyl halides is 3. The molecule has 4 heterocycles. The summed E-state index contributed by atoms with van der Waals surface area (Å²) in [4.78, 5) is 18.2. The van der Waals surface area contributed by atoms with Crippen LogP contribution in [0.3, 0.4) is 0 Å². The SMILES string of the molecule is Cc1nc(C(F)(F)F)ccc1N1C=C2C(=O)NC(N3CCOCC3)NC2N1. The van der Waals surface area contributed by atoms with Gasteiger partial charge in [-0.25, -0.2) is 10.4 Å². The van der Waals surface area contributed by atoms with Gasteiger partial charge in [0.2, 0.25) is 0 Å². The molecule has 8 nitrogen and oxygen atoms in total. The number of nitrogens with zero attached hydrogens (tertiary/aromatic N) is 3. The highest BCUT2D eigenvalue weighted by Gasteiger charge is 2.39. The highest BCUT2D eigenvalue weighted by molar-refractivity contribution is 5.96. The standard InChI is InChI=1S/C16H19F3N6O2/c1-9-11(2-3-12(20-9)16(17,18)19)25-8-10-13(23-25)21-15(22-14(10)26)24-4-6-27-7-5-24/h2-3,8,13,15,21,23H,4-7H2,1H3,(H,22,26). The van der Waals surface area contributed by atoms with Crippen LogP contribution in [0.2, 0.25) is 0 Å². The first kappa shape index (κ1) is 18.2. The van der Waals surface area contributed by atoms with Crippen LogP contribution in [-0.4, -0.2) is 54.5 Å². The van der Waals surface area contributed by atoms with E-state index in [4.69, 9.17) is 4.74 Å². The number of carbonyl (C=O) groups is 1. The topological polar surface area (TPSA) is 81.8 Å². The van der Waals surface area contributed by atoms with Crippen molar-refractivity contribution in [3.05, 3.63) is 35.3 Å². The van der Waals surface area contributed by atoms with Crippen molar-refractivity contribution in [2.45, 2.75) is 25.6 Å². The van der Waals surface area contributed by atoms with E-state index in [2.05, 4.69) is 25.9 Å². The molecule has 4 rings (SSSR count). The number of anilines is 1. The van der Waals surface area contributed by atoms with Crippen LogP contribution >= 0.6 is 0 Å². The maximum atomic E-state index is 12.8. The van der Waals surface area contributed by atoms with Crippen LogP contribution in [0.1, 0.15) is 11.4 Å². The smallest absolute Gasteiger partial charge is 0.379 e. The number of aryl methyl sites for hydroxylation is 1. The third-order valence-corrected chi connectivity index (χ3v) is 4.72. The minimum atomic E-state index is -4.50. The summed E-state index contributed by atoms with van der Waals surface area (Å²) in [7, 11) is 0. The van der Waals surface area contributed by atoms with Gasteiger partial charge in [0.05, 0.1) is 30.2 Å². The number of morpholine rings is 1. The Morgan fingerprint density at radius 3 is 2.67 bits per heavy atom. The van der Waals surface area contributed by atoms with E-state index in [9.17, 15) is 18.0 Å². The van der Waals surface area contributed by atoms with Gasteiger partial charge in [-0.2, -0.15) is 13.2 Å². The second-order valence-corrected chi connectivity index (χ2v) is 6.51. The van der Waals surface area contributed by atoms with Gasteiger partial charge in [-0.15, -0.1) is 0 Å². The molecule has 3 aliphatic heterocycles. The van der Waals surface area contributed by atoms with Crippen molar-refractivity contribution < 1.29 is 22.7 Å². The summed E-state index contributed by atoms with van der Waals surface area (Å²) >= 11 is 0. The fourth-order valence-corrected chi connectivity index (χ4v) is 3.32. The molecular weight excluding hydrogens is 365 g/mol. The largest absolute Gasteiger partial charge is 0.433 e. The zero-order valence-electron chi connectivity index (χ0n) is 14.5. The van der Waals surface area contributed by atoms with E-state index in [1.807, 2.05) is 0 Å². The molecule has 3 N–H and O–H groups in total. The Labute approximate surface area is 153 Å². The molecule has 2 fully saturated rings. The lowest BCUT2D eigenvalue weighted by atomic mass is 10.2. The molecule has 11 heteroatoms. The molecule has 2 atom stereocenters.